The summed E-state index contributed by atoms with van der Waals surface area (Å²) in [4.78, 5) is 2.64. The molecule has 8 rings (SSSR count). The quantitative estimate of drug-likeness (QED) is 0.228. The zero-order valence-corrected chi connectivity index (χ0v) is 28.6. The number of fused-ring (bicyclic) bond motifs is 5. The molecule has 6 atom stereocenters. The summed E-state index contributed by atoms with van der Waals surface area (Å²) in [6.45, 7) is 2.28. The minimum atomic E-state index is -0.123. The second kappa shape index (κ2) is 13.7. The number of nitriles is 2. The van der Waals surface area contributed by atoms with Gasteiger partial charge in [-0.1, -0.05) is 122 Å². The first-order valence-corrected chi connectivity index (χ1v) is 18.2. The average molecular weight is 651 g/mol. The van der Waals surface area contributed by atoms with E-state index in [1.807, 2.05) is 12.2 Å². The minimum Gasteiger partial charge on any atom is -0.358 e. The van der Waals surface area contributed by atoms with Gasteiger partial charge in [0.05, 0.1) is 35.7 Å². The maximum Gasteiger partial charge on any atom is 0.0969 e. The Bertz CT molecular complexity index is 2170. The van der Waals surface area contributed by atoms with E-state index in [-0.39, 0.29) is 23.9 Å². The smallest absolute Gasteiger partial charge is 0.0969 e. The SMILES string of the molecule is CCC(/C=C(\C=C/CC1C=CC=CC1C#N)C1=CCC(n2c3ccccc3c3ccccc32)C(C#N)=C1)N1C2=C(CCC=C2)C2C=CC=CC21. The van der Waals surface area contributed by atoms with Crippen LogP contribution in [0.5, 0.6) is 0 Å². The lowest BCUT2D eigenvalue weighted by Crippen LogP contribution is -2.39. The number of hydrogen-bond acceptors (Lipinski definition) is 3. The monoisotopic (exact) mass is 650 g/mol. The Morgan fingerprint density at radius 3 is 2.44 bits per heavy atom. The van der Waals surface area contributed by atoms with Gasteiger partial charge in [0, 0.05) is 39.5 Å². The molecule has 0 spiro atoms. The van der Waals surface area contributed by atoms with Crippen molar-refractivity contribution in [2.45, 2.75) is 57.2 Å². The van der Waals surface area contributed by atoms with E-state index in [2.05, 4.69) is 156 Å². The lowest BCUT2D eigenvalue weighted by atomic mass is 9.86. The number of aromatic nitrogens is 1. The predicted octanol–water partition coefficient (Wildman–Crippen LogP) is 10.7. The molecule has 1 aromatic heterocycles. The van der Waals surface area contributed by atoms with Crippen LogP contribution in [0.2, 0.25) is 0 Å². The highest BCUT2D eigenvalue weighted by atomic mass is 15.2. The molecule has 4 heteroatoms. The van der Waals surface area contributed by atoms with Crippen molar-refractivity contribution >= 4 is 21.8 Å². The van der Waals surface area contributed by atoms with Crippen LogP contribution in [0.1, 0.15) is 45.1 Å². The highest BCUT2D eigenvalue weighted by Crippen LogP contribution is 2.45. The summed E-state index contributed by atoms with van der Waals surface area (Å²) in [6, 6.07) is 22.6. The Morgan fingerprint density at radius 1 is 0.940 bits per heavy atom. The summed E-state index contributed by atoms with van der Waals surface area (Å²) in [7, 11) is 0. The molecule has 0 amide bonds. The van der Waals surface area contributed by atoms with E-state index in [1.165, 1.54) is 16.5 Å². The fraction of sp³-hybridized carbons (Fsp3) is 0.261. The van der Waals surface area contributed by atoms with Gasteiger partial charge in [-0.05, 0) is 79.0 Å². The van der Waals surface area contributed by atoms with Crippen LogP contribution in [0.25, 0.3) is 21.8 Å². The van der Waals surface area contributed by atoms with Crippen molar-refractivity contribution in [3.8, 4) is 12.1 Å². The first-order valence-electron chi connectivity index (χ1n) is 18.2. The molecule has 2 heterocycles. The lowest BCUT2D eigenvalue weighted by molar-refractivity contribution is 0.252. The second-order valence-corrected chi connectivity index (χ2v) is 13.9. The van der Waals surface area contributed by atoms with Gasteiger partial charge in [0.1, 0.15) is 0 Å². The summed E-state index contributed by atoms with van der Waals surface area (Å²) in [5, 5.41) is 22.9. The Morgan fingerprint density at radius 2 is 1.68 bits per heavy atom. The average Bonchev–Trinajstić information content (AvgIpc) is 3.69. The Kier molecular flexibility index (Phi) is 8.70. The third kappa shape index (κ3) is 5.56. The molecule has 0 radical (unpaired) electrons. The molecule has 3 aromatic rings. The second-order valence-electron chi connectivity index (χ2n) is 13.9. The molecule has 1 aliphatic heterocycles. The molecule has 0 saturated carbocycles. The van der Waals surface area contributed by atoms with E-state index in [4.69, 9.17) is 0 Å². The van der Waals surface area contributed by atoms with Crippen LogP contribution in [-0.4, -0.2) is 21.6 Å². The topological polar surface area (TPSA) is 55.8 Å². The third-order valence-electron chi connectivity index (χ3n) is 11.2. The van der Waals surface area contributed by atoms with Gasteiger partial charge >= 0.3 is 0 Å². The molecule has 0 N–H and O–H groups in total. The first kappa shape index (κ1) is 31.7. The standard InChI is InChI=1S/C46H42N4/c1-2-37(49-43-22-9-5-18-38(43)39-19-6-10-23-44(39)49)29-33(17-13-16-32-14-3-4-15-35(32)30-47)34-26-27-42(36(28-34)31-48)50-45-24-11-7-20-40(45)41-21-8-12-25-46(41)50/h3-5,7-15,17-18,20-26,28-29,32,35,37-38,42-43H,2,6,16,19,27H2,1H3/b17-13-,33-29+. The Balaban J connectivity index is 1.18. The van der Waals surface area contributed by atoms with Crippen LogP contribution in [0, 0.1) is 40.4 Å². The van der Waals surface area contributed by atoms with Gasteiger partial charge in [0.2, 0.25) is 0 Å². The summed E-state index contributed by atoms with van der Waals surface area (Å²) >= 11 is 0. The maximum atomic E-state index is 10.7. The van der Waals surface area contributed by atoms with E-state index in [0.717, 1.165) is 59.9 Å². The van der Waals surface area contributed by atoms with Crippen molar-refractivity contribution in [3.63, 3.8) is 0 Å². The highest BCUT2D eigenvalue weighted by molar-refractivity contribution is 6.08. The lowest BCUT2D eigenvalue weighted by Gasteiger charge is -2.36. The molecule has 5 aliphatic rings. The van der Waals surface area contributed by atoms with Gasteiger partial charge in [0.15, 0.2) is 0 Å². The molecule has 4 nitrogen and oxygen atoms in total. The third-order valence-corrected chi connectivity index (χ3v) is 11.2. The number of benzene rings is 2. The summed E-state index contributed by atoms with van der Waals surface area (Å²) < 4.78 is 2.36. The number of hydrogen-bond donors (Lipinski definition) is 0. The van der Waals surface area contributed by atoms with Gasteiger partial charge in [-0.3, -0.25) is 0 Å². The number of para-hydroxylation sites is 2. The van der Waals surface area contributed by atoms with Crippen molar-refractivity contribution in [1.29, 1.82) is 10.5 Å². The van der Waals surface area contributed by atoms with Gasteiger partial charge in [-0.15, -0.1) is 0 Å². The van der Waals surface area contributed by atoms with Gasteiger partial charge in [-0.25, -0.2) is 0 Å². The molecule has 2 aromatic carbocycles. The summed E-state index contributed by atoms with van der Waals surface area (Å²) in [6.07, 6.45) is 38.1. The molecule has 246 valence electrons. The zero-order valence-electron chi connectivity index (χ0n) is 28.6. The Hall–Kier alpha value is -5.58. The maximum absolute atomic E-state index is 10.7. The van der Waals surface area contributed by atoms with Gasteiger partial charge in [-0.2, -0.15) is 10.5 Å². The number of nitrogens with zero attached hydrogens (tertiary/aromatic N) is 4. The van der Waals surface area contributed by atoms with Crippen molar-refractivity contribution in [2.75, 3.05) is 0 Å². The van der Waals surface area contributed by atoms with E-state index in [9.17, 15) is 10.5 Å². The highest BCUT2D eigenvalue weighted by Gasteiger charge is 2.40. The molecule has 0 fully saturated rings. The van der Waals surface area contributed by atoms with Crippen molar-refractivity contribution in [3.05, 3.63) is 168 Å². The molecule has 4 aliphatic carbocycles. The van der Waals surface area contributed by atoms with Crippen molar-refractivity contribution < 1.29 is 0 Å². The molecule has 50 heavy (non-hydrogen) atoms. The first-order chi connectivity index (χ1) is 24.7. The van der Waals surface area contributed by atoms with Crippen LogP contribution >= 0.6 is 0 Å². The van der Waals surface area contributed by atoms with E-state index in [0.29, 0.717) is 12.0 Å². The normalized spacial score (nSPS) is 26.3. The van der Waals surface area contributed by atoms with Crippen LogP contribution in [-0.2, 0) is 0 Å². The van der Waals surface area contributed by atoms with Crippen LogP contribution < -0.4 is 0 Å². The summed E-state index contributed by atoms with van der Waals surface area (Å²) in [5.74, 6) is 0.442. The van der Waals surface area contributed by atoms with E-state index >= 15 is 0 Å². The number of allylic oxidation sites excluding steroid dienone is 15. The molecule has 6 unspecified atom stereocenters. The van der Waals surface area contributed by atoms with Crippen molar-refractivity contribution in [1.82, 2.24) is 9.47 Å². The van der Waals surface area contributed by atoms with Gasteiger partial charge < -0.3 is 9.47 Å². The fourth-order valence-electron chi connectivity index (χ4n) is 8.75. The van der Waals surface area contributed by atoms with Crippen LogP contribution in [0.3, 0.4) is 0 Å². The largest absolute Gasteiger partial charge is 0.358 e. The predicted molar refractivity (Wildman–Crippen MR) is 204 cm³/mol. The van der Waals surface area contributed by atoms with Crippen LogP contribution in [0.15, 0.2) is 168 Å². The van der Waals surface area contributed by atoms with E-state index < -0.39 is 0 Å². The van der Waals surface area contributed by atoms with Crippen LogP contribution in [0.4, 0.5) is 0 Å². The van der Waals surface area contributed by atoms with Gasteiger partial charge in [0.25, 0.3) is 0 Å². The fourth-order valence-corrected chi connectivity index (χ4v) is 8.75. The number of rotatable bonds is 8. The zero-order chi connectivity index (χ0) is 34.0. The molecular formula is C46H42N4. The van der Waals surface area contributed by atoms with Crippen molar-refractivity contribution in [2.24, 2.45) is 17.8 Å². The molecular weight excluding hydrogens is 609 g/mol. The Labute approximate surface area is 295 Å². The van der Waals surface area contributed by atoms with E-state index in [1.54, 1.807) is 5.57 Å². The molecule has 0 bridgehead atoms. The molecule has 0 saturated heterocycles. The summed E-state index contributed by atoms with van der Waals surface area (Å²) in [5.41, 5.74) is 8.24. The minimum absolute atomic E-state index is 0.0881.